The van der Waals surface area contributed by atoms with Crippen molar-refractivity contribution in [3.05, 3.63) is 41.1 Å². The molecule has 1 rings (SSSR count). The molecule has 1 aromatic carbocycles. The van der Waals surface area contributed by atoms with Gasteiger partial charge < -0.3 is 10.6 Å². The maximum Gasteiger partial charge on any atom is 0.323 e. The number of anilines is 1. The Morgan fingerprint density at radius 2 is 2.20 bits per heavy atom. The molecule has 4 heteroatoms. The topological polar surface area (TPSA) is 41.1 Å². The van der Waals surface area contributed by atoms with E-state index >= 15 is 0 Å². The van der Waals surface area contributed by atoms with Crippen LogP contribution in [0.4, 0.5) is 10.5 Å². The van der Waals surface area contributed by atoms with Crippen molar-refractivity contribution in [2.24, 2.45) is 0 Å². The van der Waals surface area contributed by atoms with E-state index in [0.29, 0.717) is 10.7 Å². The van der Waals surface area contributed by atoms with E-state index in [2.05, 4.69) is 10.6 Å². The standard InChI is InChI=1S/C11H13ClN2O/c1-3-7-13-11(15)14-10-6-4-5-9(12)8(10)2/h3-7H,1-2H3,(H2,13,14,15)/b7-3+. The molecule has 0 aliphatic heterocycles. The van der Waals surface area contributed by atoms with Crippen molar-refractivity contribution >= 4 is 23.3 Å². The molecule has 0 bridgehead atoms. The molecule has 0 fully saturated rings. The fourth-order valence-corrected chi connectivity index (χ4v) is 1.23. The molecule has 0 radical (unpaired) electrons. The third kappa shape index (κ3) is 3.29. The molecular formula is C11H13ClN2O. The average molecular weight is 225 g/mol. The Bertz CT molecular complexity index is 388. The molecule has 15 heavy (non-hydrogen) atoms. The van der Waals surface area contributed by atoms with Crippen LogP contribution in [0.15, 0.2) is 30.5 Å². The summed E-state index contributed by atoms with van der Waals surface area (Å²) >= 11 is 5.92. The highest BCUT2D eigenvalue weighted by Gasteiger charge is 2.04. The van der Waals surface area contributed by atoms with Gasteiger partial charge in [-0.25, -0.2) is 4.79 Å². The van der Waals surface area contributed by atoms with E-state index in [1.807, 2.05) is 13.8 Å². The lowest BCUT2D eigenvalue weighted by Crippen LogP contribution is -2.24. The van der Waals surface area contributed by atoms with Crippen molar-refractivity contribution in [1.82, 2.24) is 5.32 Å². The molecule has 1 aromatic rings. The van der Waals surface area contributed by atoms with Gasteiger partial charge in [-0.3, -0.25) is 0 Å². The second kappa shape index (κ2) is 5.41. The minimum absolute atomic E-state index is 0.279. The molecule has 3 nitrogen and oxygen atoms in total. The number of rotatable bonds is 2. The maximum atomic E-state index is 11.3. The number of benzene rings is 1. The monoisotopic (exact) mass is 224 g/mol. The van der Waals surface area contributed by atoms with Gasteiger partial charge in [0.05, 0.1) is 0 Å². The highest BCUT2D eigenvalue weighted by molar-refractivity contribution is 6.31. The normalized spacial score (nSPS) is 10.3. The van der Waals surface area contributed by atoms with Crippen LogP contribution >= 0.6 is 11.6 Å². The summed E-state index contributed by atoms with van der Waals surface area (Å²) in [6.07, 6.45) is 3.31. The number of hydrogen-bond donors (Lipinski definition) is 2. The second-order valence-corrected chi connectivity index (χ2v) is 3.42. The van der Waals surface area contributed by atoms with Gasteiger partial charge in [-0.15, -0.1) is 0 Å². The van der Waals surface area contributed by atoms with Gasteiger partial charge in [0.1, 0.15) is 0 Å². The van der Waals surface area contributed by atoms with Gasteiger partial charge in [0.2, 0.25) is 0 Å². The minimum atomic E-state index is -0.279. The Morgan fingerprint density at radius 1 is 1.47 bits per heavy atom. The molecule has 0 atom stereocenters. The first-order chi connectivity index (χ1) is 7.15. The third-order valence-corrected chi connectivity index (χ3v) is 2.31. The zero-order valence-electron chi connectivity index (χ0n) is 8.67. The van der Waals surface area contributed by atoms with Gasteiger partial charge in [0.15, 0.2) is 0 Å². The molecule has 0 aromatic heterocycles. The highest BCUT2D eigenvalue weighted by atomic mass is 35.5. The molecule has 0 saturated heterocycles. The van der Waals surface area contributed by atoms with E-state index in [-0.39, 0.29) is 6.03 Å². The number of hydrogen-bond acceptors (Lipinski definition) is 1. The van der Waals surface area contributed by atoms with Crippen molar-refractivity contribution in [2.45, 2.75) is 13.8 Å². The van der Waals surface area contributed by atoms with Crippen molar-refractivity contribution in [2.75, 3.05) is 5.32 Å². The first-order valence-corrected chi connectivity index (χ1v) is 4.96. The maximum absolute atomic E-state index is 11.3. The molecule has 0 aliphatic carbocycles. The van der Waals surface area contributed by atoms with Crippen LogP contribution in [0, 0.1) is 6.92 Å². The number of carbonyl (C=O) groups excluding carboxylic acids is 1. The SMILES string of the molecule is C/C=C/NC(=O)Nc1cccc(Cl)c1C. The predicted molar refractivity (Wildman–Crippen MR) is 63.2 cm³/mol. The quantitative estimate of drug-likeness (QED) is 0.795. The summed E-state index contributed by atoms with van der Waals surface area (Å²) in [5, 5.41) is 5.89. The van der Waals surface area contributed by atoms with Crippen LogP contribution in [0.1, 0.15) is 12.5 Å². The van der Waals surface area contributed by atoms with E-state index in [1.54, 1.807) is 30.5 Å². The Labute approximate surface area is 94.1 Å². The number of nitrogens with one attached hydrogen (secondary N) is 2. The Balaban J connectivity index is 2.72. The van der Waals surface area contributed by atoms with Gasteiger partial charge in [-0.05, 0) is 31.5 Å². The molecule has 2 N–H and O–H groups in total. The average Bonchev–Trinajstić information content (AvgIpc) is 2.22. The number of amides is 2. The predicted octanol–water partition coefficient (Wildman–Crippen LogP) is 3.30. The van der Waals surface area contributed by atoms with Crippen molar-refractivity contribution in [1.29, 1.82) is 0 Å². The largest absolute Gasteiger partial charge is 0.323 e. The van der Waals surface area contributed by atoms with Gasteiger partial charge >= 0.3 is 6.03 Å². The number of carbonyl (C=O) groups is 1. The zero-order chi connectivity index (χ0) is 11.3. The van der Waals surface area contributed by atoms with Crippen LogP contribution in [-0.4, -0.2) is 6.03 Å². The summed E-state index contributed by atoms with van der Waals surface area (Å²) < 4.78 is 0. The van der Waals surface area contributed by atoms with E-state index in [0.717, 1.165) is 5.56 Å². The summed E-state index contributed by atoms with van der Waals surface area (Å²) in [7, 11) is 0. The van der Waals surface area contributed by atoms with Crippen molar-refractivity contribution in [3.8, 4) is 0 Å². The van der Waals surface area contributed by atoms with Crippen LogP contribution in [0.2, 0.25) is 5.02 Å². The highest BCUT2D eigenvalue weighted by Crippen LogP contribution is 2.22. The third-order valence-electron chi connectivity index (χ3n) is 1.90. The molecule has 2 amide bonds. The number of halogens is 1. The molecule has 0 unspecified atom stereocenters. The Morgan fingerprint density at radius 3 is 2.87 bits per heavy atom. The molecule has 80 valence electrons. The lowest BCUT2D eigenvalue weighted by molar-refractivity contribution is 0.255. The summed E-state index contributed by atoms with van der Waals surface area (Å²) in [5.74, 6) is 0. The van der Waals surface area contributed by atoms with Crippen LogP contribution in [0.5, 0.6) is 0 Å². The molecular weight excluding hydrogens is 212 g/mol. The van der Waals surface area contributed by atoms with Crippen LogP contribution in [-0.2, 0) is 0 Å². The van der Waals surface area contributed by atoms with E-state index in [9.17, 15) is 4.79 Å². The van der Waals surface area contributed by atoms with Crippen molar-refractivity contribution < 1.29 is 4.79 Å². The fourth-order valence-electron chi connectivity index (χ4n) is 1.06. The minimum Gasteiger partial charge on any atom is -0.315 e. The smallest absolute Gasteiger partial charge is 0.315 e. The Kier molecular flexibility index (Phi) is 4.18. The second-order valence-electron chi connectivity index (χ2n) is 3.01. The summed E-state index contributed by atoms with van der Waals surface area (Å²) in [5.41, 5.74) is 1.57. The van der Waals surface area contributed by atoms with E-state index in [1.165, 1.54) is 0 Å². The molecule has 0 aliphatic rings. The number of allylic oxidation sites excluding steroid dienone is 1. The van der Waals surface area contributed by atoms with Gasteiger partial charge in [0, 0.05) is 16.9 Å². The lowest BCUT2D eigenvalue weighted by Gasteiger charge is -2.08. The lowest BCUT2D eigenvalue weighted by atomic mass is 10.2. The Hall–Kier alpha value is -1.48. The first-order valence-electron chi connectivity index (χ1n) is 4.59. The van der Waals surface area contributed by atoms with Crippen LogP contribution in [0.3, 0.4) is 0 Å². The van der Waals surface area contributed by atoms with E-state index in [4.69, 9.17) is 11.6 Å². The van der Waals surface area contributed by atoms with Gasteiger partial charge in [-0.2, -0.15) is 0 Å². The van der Waals surface area contributed by atoms with E-state index < -0.39 is 0 Å². The number of urea groups is 1. The van der Waals surface area contributed by atoms with Gasteiger partial charge in [-0.1, -0.05) is 23.7 Å². The van der Waals surface area contributed by atoms with Crippen LogP contribution < -0.4 is 10.6 Å². The molecule has 0 heterocycles. The summed E-state index contributed by atoms with van der Waals surface area (Å²) in [4.78, 5) is 11.3. The van der Waals surface area contributed by atoms with Gasteiger partial charge in [0.25, 0.3) is 0 Å². The molecule has 0 spiro atoms. The fraction of sp³-hybridized carbons (Fsp3) is 0.182. The molecule has 0 saturated carbocycles. The van der Waals surface area contributed by atoms with Crippen molar-refractivity contribution in [3.63, 3.8) is 0 Å². The first kappa shape index (κ1) is 11.6. The summed E-state index contributed by atoms with van der Waals surface area (Å²) in [6.45, 7) is 3.68. The zero-order valence-corrected chi connectivity index (χ0v) is 9.43. The summed E-state index contributed by atoms with van der Waals surface area (Å²) in [6, 6.07) is 5.10. The van der Waals surface area contributed by atoms with Crippen LogP contribution in [0.25, 0.3) is 0 Å².